The Balaban J connectivity index is 1.82. The molecular formula is C17H17N5O2S. The van der Waals surface area contributed by atoms with Crippen LogP contribution in [0.25, 0.3) is 10.3 Å². The van der Waals surface area contributed by atoms with Gasteiger partial charge in [-0.25, -0.2) is 15.0 Å². The number of hydrogen-bond acceptors (Lipinski definition) is 7. The van der Waals surface area contributed by atoms with Crippen LogP contribution >= 0.6 is 11.3 Å². The zero-order chi connectivity index (χ0) is 17.4. The summed E-state index contributed by atoms with van der Waals surface area (Å²) in [7, 11) is 1.58. The summed E-state index contributed by atoms with van der Waals surface area (Å²) >= 11 is 1.25. The second-order valence-electron chi connectivity index (χ2n) is 5.83. The average Bonchev–Trinajstić information content (AvgIpc) is 3.23. The third kappa shape index (κ3) is 2.63. The number of benzene rings is 1. The first-order chi connectivity index (χ1) is 12.2. The van der Waals surface area contributed by atoms with Crippen LogP contribution in [-0.4, -0.2) is 46.2 Å². The van der Waals surface area contributed by atoms with Gasteiger partial charge in [0.05, 0.1) is 0 Å². The van der Waals surface area contributed by atoms with Crippen molar-refractivity contribution in [2.24, 2.45) is 0 Å². The van der Waals surface area contributed by atoms with Crippen LogP contribution in [0.5, 0.6) is 0 Å². The molecule has 0 radical (unpaired) electrons. The highest BCUT2D eigenvalue weighted by Crippen LogP contribution is 2.43. The summed E-state index contributed by atoms with van der Waals surface area (Å²) in [5.74, 6) is 0.710. The quantitative estimate of drug-likeness (QED) is 0.744. The van der Waals surface area contributed by atoms with Crippen molar-refractivity contribution in [2.45, 2.75) is 12.3 Å². The molecule has 3 aromatic rings. The number of para-hydroxylation sites is 1. The molecule has 0 saturated carbocycles. The SMILES string of the molecule is CNC(=O)c1nc2c(N3CC(CCO)c4ccccc43)ncnc2s1. The van der Waals surface area contributed by atoms with Gasteiger partial charge in [-0.15, -0.1) is 0 Å². The van der Waals surface area contributed by atoms with Crippen LogP contribution in [0.2, 0.25) is 0 Å². The number of rotatable bonds is 4. The molecule has 0 fully saturated rings. The molecule has 0 bridgehead atoms. The number of carbonyl (C=O) groups excluding carboxylic acids is 1. The number of aliphatic hydroxyl groups is 1. The number of aromatic nitrogens is 3. The smallest absolute Gasteiger partial charge is 0.280 e. The minimum absolute atomic E-state index is 0.142. The molecule has 1 aromatic carbocycles. The molecule has 128 valence electrons. The van der Waals surface area contributed by atoms with Crippen molar-refractivity contribution in [3.63, 3.8) is 0 Å². The Morgan fingerprint density at radius 1 is 1.40 bits per heavy atom. The fourth-order valence-corrected chi connectivity index (χ4v) is 4.09. The number of anilines is 2. The summed E-state index contributed by atoms with van der Waals surface area (Å²) in [6.45, 7) is 0.863. The van der Waals surface area contributed by atoms with Crippen LogP contribution in [0, 0.1) is 0 Å². The summed E-state index contributed by atoms with van der Waals surface area (Å²) in [6.07, 6.45) is 2.20. The molecule has 2 aromatic heterocycles. The zero-order valence-electron chi connectivity index (χ0n) is 13.6. The number of carbonyl (C=O) groups is 1. The van der Waals surface area contributed by atoms with E-state index >= 15 is 0 Å². The minimum atomic E-state index is -0.228. The molecule has 8 heteroatoms. The molecule has 4 rings (SSSR count). The molecule has 1 atom stereocenters. The van der Waals surface area contributed by atoms with Gasteiger partial charge in [0.1, 0.15) is 16.7 Å². The van der Waals surface area contributed by atoms with Gasteiger partial charge in [0.25, 0.3) is 5.91 Å². The van der Waals surface area contributed by atoms with E-state index in [2.05, 4.69) is 31.2 Å². The highest BCUT2D eigenvalue weighted by atomic mass is 32.1. The van der Waals surface area contributed by atoms with Crippen molar-refractivity contribution in [3.8, 4) is 0 Å². The lowest BCUT2D eigenvalue weighted by Crippen LogP contribution is -2.18. The standard InChI is InChI=1S/C17H17N5O2S/c1-18-15(24)17-21-13-14(19-9-20-16(13)25-17)22-8-10(6-7-23)11-4-2-3-5-12(11)22/h2-5,9-10,23H,6-8H2,1H3,(H,18,24). The Bertz CT molecular complexity index is 942. The minimum Gasteiger partial charge on any atom is -0.396 e. The summed E-state index contributed by atoms with van der Waals surface area (Å²) in [6, 6.07) is 8.13. The molecule has 2 N–H and O–H groups in total. The maximum absolute atomic E-state index is 11.9. The van der Waals surface area contributed by atoms with E-state index < -0.39 is 0 Å². The van der Waals surface area contributed by atoms with Crippen LogP contribution in [0.15, 0.2) is 30.6 Å². The van der Waals surface area contributed by atoms with Crippen molar-refractivity contribution in [2.75, 3.05) is 25.1 Å². The van der Waals surface area contributed by atoms with Crippen LogP contribution < -0.4 is 10.2 Å². The van der Waals surface area contributed by atoms with E-state index in [1.54, 1.807) is 7.05 Å². The predicted octanol–water partition coefficient (Wildman–Crippen LogP) is 2.06. The molecule has 1 amide bonds. The van der Waals surface area contributed by atoms with E-state index in [0.29, 0.717) is 27.6 Å². The predicted molar refractivity (Wildman–Crippen MR) is 96.5 cm³/mol. The van der Waals surface area contributed by atoms with Crippen molar-refractivity contribution in [3.05, 3.63) is 41.2 Å². The van der Waals surface area contributed by atoms with Crippen molar-refractivity contribution < 1.29 is 9.90 Å². The van der Waals surface area contributed by atoms with E-state index in [9.17, 15) is 9.90 Å². The van der Waals surface area contributed by atoms with Crippen LogP contribution in [0.3, 0.4) is 0 Å². The Labute approximate surface area is 148 Å². The molecular weight excluding hydrogens is 338 g/mol. The van der Waals surface area contributed by atoms with Gasteiger partial charge < -0.3 is 15.3 Å². The molecule has 0 aliphatic carbocycles. The van der Waals surface area contributed by atoms with E-state index in [4.69, 9.17) is 0 Å². The second-order valence-corrected chi connectivity index (χ2v) is 6.81. The first kappa shape index (κ1) is 15.9. The zero-order valence-corrected chi connectivity index (χ0v) is 14.5. The lowest BCUT2D eigenvalue weighted by molar-refractivity contribution is 0.0963. The van der Waals surface area contributed by atoms with Gasteiger partial charge in [0.2, 0.25) is 0 Å². The Morgan fingerprint density at radius 2 is 2.24 bits per heavy atom. The fraction of sp³-hybridized carbons (Fsp3) is 0.294. The highest BCUT2D eigenvalue weighted by molar-refractivity contribution is 7.19. The van der Waals surface area contributed by atoms with Crippen LogP contribution in [-0.2, 0) is 0 Å². The van der Waals surface area contributed by atoms with Crippen LogP contribution in [0.1, 0.15) is 27.7 Å². The summed E-state index contributed by atoms with van der Waals surface area (Å²) in [5.41, 5.74) is 2.89. The monoisotopic (exact) mass is 355 g/mol. The number of nitrogens with zero attached hydrogens (tertiary/aromatic N) is 4. The third-order valence-electron chi connectivity index (χ3n) is 4.40. The molecule has 3 heterocycles. The summed E-state index contributed by atoms with van der Waals surface area (Å²) in [4.78, 5) is 27.9. The van der Waals surface area contributed by atoms with E-state index in [-0.39, 0.29) is 18.4 Å². The topological polar surface area (TPSA) is 91.2 Å². The van der Waals surface area contributed by atoms with Crippen molar-refractivity contribution in [1.82, 2.24) is 20.3 Å². The Kier molecular flexibility index (Phi) is 4.06. The Hall–Kier alpha value is -2.58. The number of fused-ring (bicyclic) bond motifs is 2. The van der Waals surface area contributed by atoms with Gasteiger partial charge in [0.15, 0.2) is 10.8 Å². The van der Waals surface area contributed by atoms with Crippen molar-refractivity contribution in [1.29, 1.82) is 0 Å². The van der Waals surface area contributed by atoms with E-state index in [0.717, 1.165) is 12.2 Å². The van der Waals surface area contributed by atoms with Gasteiger partial charge in [-0.3, -0.25) is 4.79 Å². The number of amides is 1. The highest BCUT2D eigenvalue weighted by Gasteiger charge is 2.31. The molecule has 0 saturated heterocycles. The van der Waals surface area contributed by atoms with Gasteiger partial charge >= 0.3 is 0 Å². The average molecular weight is 355 g/mol. The molecule has 7 nitrogen and oxygen atoms in total. The number of thiazole rings is 1. The fourth-order valence-electron chi connectivity index (χ4n) is 3.24. The second kappa shape index (κ2) is 6.38. The van der Waals surface area contributed by atoms with Crippen molar-refractivity contribution >= 4 is 39.1 Å². The molecule has 1 aliphatic heterocycles. The van der Waals surface area contributed by atoms with Gasteiger partial charge in [-0.1, -0.05) is 29.5 Å². The third-order valence-corrected chi connectivity index (χ3v) is 5.36. The summed E-state index contributed by atoms with van der Waals surface area (Å²) in [5, 5.41) is 12.3. The molecule has 1 aliphatic rings. The first-order valence-corrected chi connectivity index (χ1v) is 8.85. The maximum atomic E-state index is 11.9. The molecule has 25 heavy (non-hydrogen) atoms. The van der Waals surface area contributed by atoms with E-state index in [1.165, 1.54) is 23.2 Å². The summed E-state index contributed by atoms with van der Waals surface area (Å²) < 4.78 is 0. The largest absolute Gasteiger partial charge is 0.396 e. The lowest BCUT2D eigenvalue weighted by Gasteiger charge is -2.18. The van der Waals surface area contributed by atoms with Gasteiger partial charge in [-0.05, 0) is 18.1 Å². The number of aliphatic hydroxyl groups excluding tert-OH is 1. The lowest BCUT2D eigenvalue weighted by atomic mass is 9.99. The number of hydrogen-bond donors (Lipinski definition) is 2. The maximum Gasteiger partial charge on any atom is 0.280 e. The normalized spacial score (nSPS) is 16.2. The first-order valence-electron chi connectivity index (χ1n) is 8.04. The van der Waals surface area contributed by atoms with Gasteiger partial charge in [0, 0.05) is 31.8 Å². The van der Waals surface area contributed by atoms with E-state index in [1.807, 2.05) is 18.2 Å². The molecule has 1 unspecified atom stereocenters. The number of nitrogens with one attached hydrogen (secondary N) is 1. The van der Waals surface area contributed by atoms with Gasteiger partial charge in [-0.2, -0.15) is 0 Å². The Morgan fingerprint density at radius 3 is 3.04 bits per heavy atom. The van der Waals surface area contributed by atoms with Crippen LogP contribution in [0.4, 0.5) is 11.5 Å². The molecule has 0 spiro atoms.